The van der Waals surface area contributed by atoms with Gasteiger partial charge in [0.2, 0.25) is 0 Å². The second kappa shape index (κ2) is 5.56. The molecule has 0 heterocycles. The van der Waals surface area contributed by atoms with Gasteiger partial charge < -0.3 is 10.4 Å². The number of para-hydroxylation sites is 2. The Labute approximate surface area is 110 Å². The quantitative estimate of drug-likeness (QED) is 0.882. The van der Waals surface area contributed by atoms with Gasteiger partial charge in [0.15, 0.2) is 0 Å². The topological polar surface area (TPSA) is 49.3 Å². The Bertz CT molecular complexity index is 569. The largest absolute Gasteiger partial charge is 0.481 e. The molecule has 3 nitrogen and oxygen atoms in total. The summed E-state index contributed by atoms with van der Waals surface area (Å²) in [6.07, 6.45) is -0.0202. The maximum absolute atomic E-state index is 10.8. The summed E-state index contributed by atoms with van der Waals surface area (Å²) in [5, 5.41) is 12.6. The molecule has 0 fully saturated rings. The maximum Gasteiger partial charge on any atom is 0.307 e. The van der Waals surface area contributed by atoms with Crippen LogP contribution in [0.1, 0.15) is 5.56 Å². The second-order valence-corrected chi connectivity index (χ2v) is 4.24. The zero-order valence-electron chi connectivity index (χ0n) is 9.56. The average Bonchev–Trinajstić information content (AvgIpc) is 2.34. The predicted octanol–water partition coefficient (Wildman–Crippen LogP) is 3.71. The van der Waals surface area contributed by atoms with Crippen LogP contribution in [0.4, 0.5) is 11.4 Å². The average molecular weight is 262 g/mol. The van der Waals surface area contributed by atoms with Crippen LogP contribution in [0.2, 0.25) is 5.02 Å². The first-order valence-electron chi connectivity index (χ1n) is 5.48. The van der Waals surface area contributed by atoms with Crippen molar-refractivity contribution < 1.29 is 9.90 Å². The van der Waals surface area contributed by atoms with E-state index in [9.17, 15) is 4.79 Å². The second-order valence-electron chi connectivity index (χ2n) is 3.83. The molecular weight excluding hydrogens is 250 g/mol. The monoisotopic (exact) mass is 261 g/mol. The van der Waals surface area contributed by atoms with Crippen molar-refractivity contribution in [3.63, 3.8) is 0 Å². The summed E-state index contributed by atoms with van der Waals surface area (Å²) in [6.45, 7) is 0. The Hall–Kier alpha value is -2.00. The van der Waals surface area contributed by atoms with Crippen molar-refractivity contribution in [3.05, 3.63) is 59.1 Å². The smallest absolute Gasteiger partial charge is 0.307 e. The Balaban J connectivity index is 2.29. The minimum atomic E-state index is -0.858. The molecule has 2 N–H and O–H groups in total. The van der Waals surface area contributed by atoms with Crippen molar-refractivity contribution in [1.82, 2.24) is 0 Å². The van der Waals surface area contributed by atoms with E-state index in [-0.39, 0.29) is 6.42 Å². The molecule has 18 heavy (non-hydrogen) atoms. The van der Waals surface area contributed by atoms with Gasteiger partial charge in [0, 0.05) is 5.69 Å². The number of anilines is 2. The molecule has 0 aliphatic carbocycles. The van der Waals surface area contributed by atoms with Crippen LogP contribution in [0.3, 0.4) is 0 Å². The molecule has 0 aliphatic rings. The first-order valence-corrected chi connectivity index (χ1v) is 5.86. The normalized spacial score (nSPS) is 10.1. The Kier molecular flexibility index (Phi) is 3.85. The van der Waals surface area contributed by atoms with E-state index < -0.39 is 5.97 Å². The number of aliphatic carboxylic acids is 1. The summed E-state index contributed by atoms with van der Waals surface area (Å²) in [4.78, 5) is 10.8. The van der Waals surface area contributed by atoms with Gasteiger partial charge in [-0.25, -0.2) is 0 Å². The van der Waals surface area contributed by atoms with Crippen LogP contribution >= 0.6 is 11.6 Å². The molecule has 0 radical (unpaired) electrons. The highest BCUT2D eigenvalue weighted by atomic mass is 35.5. The van der Waals surface area contributed by atoms with Gasteiger partial charge in [-0.15, -0.1) is 0 Å². The Morgan fingerprint density at radius 3 is 2.33 bits per heavy atom. The molecule has 92 valence electrons. The van der Waals surface area contributed by atoms with Gasteiger partial charge in [-0.05, 0) is 23.8 Å². The van der Waals surface area contributed by atoms with Crippen LogP contribution in [0, 0.1) is 0 Å². The number of carboxylic acids is 1. The number of benzene rings is 2. The highest BCUT2D eigenvalue weighted by molar-refractivity contribution is 6.33. The first-order chi connectivity index (χ1) is 8.66. The highest BCUT2D eigenvalue weighted by Crippen LogP contribution is 2.26. The highest BCUT2D eigenvalue weighted by Gasteiger charge is 2.07. The minimum absolute atomic E-state index is 0.0202. The molecule has 0 saturated carbocycles. The van der Waals surface area contributed by atoms with E-state index >= 15 is 0 Å². The van der Waals surface area contributed by atoms with Crippen molar-refractivity contribution in [2.75, 3.05) is 5.32 Å². The predicted molar refractivity (Wildman–Crippen MR) is 72.5 cm³/mol. The van der Waals surface area contributed by atoms with E-state index in [1.165, 1.54) is 0 Å². The lowest BCUT2D eigenvalue weighted by Crippen LogP contribution is -2.03. The molecule has 2 aromatic carbocycles. The number of hydrogen-bond acceptors (Lipinski definition) is 2. The van der Waals surface area contributed by atoms with Crippen molar-refractivity contribution in [2.45, 2.75) is 6.42 Å². The standard InChI is InChI=1S/C14H12ClNO2/c15-11-6-2-4-8-13(11)16-12-7-3-1-5-10(12)9-14(17)18/h1-8,16H,9H2,(H,17,18). The molecule has 0 bridgehead atoms. The summed E-state index contributed by atoms with van der Waals surface area (Å²) in [5.74, 6) is -0.858. The number of rotatable bonds is 4. The number of halogens is 1. The van der Waals surface area contributed by atoms with Crippen LogP contribution in [0.5, 0.6) is 0 Å². The Morgan fingerprint density at radius 1 is 1.06 bits per heavy atom. The van der Waals surface area contributed by atoms with Gasteiger partial charge in [0.25, 0.3) is 0 Å². The molecule has 2 rings (SSSR count). The van der Waals surface area contributed by atoms with Crippen LogP contribution < -0.4 is 5.32 Å². The lowest BCUT2D eigenvalue weighted by molar-refractivity contribution is -0.136. The fourth-order valence-corrected chi connectivity index (χ4v) is 1.85. The third kappa shape index (κ3) is 3.02. The molecule has 0 atom stereocenters. The van der Waals surface area contributed by atoms with Gasteiger partial charge in [-0.2, -0.15) is 0 Å². The van der Waals surface area contributed by atoms with Gasteiger partial charge >= 0.3 is 5.97 Å². The molecule has 0 amide bonds. The summed E-state index contributed by atoms with van der Waals surface area (Å²) >= 11 is 6.05. The number of carbonyl (C=O) groups is 1. The SMILES string of the molecule is O=C(O)Cc1ccccc1Nc1ccccc1Cl. The lowest BCUT2D eigenvalue weighted by atomic mass is 10.1. The van der Waals surface area contributed by atoms with Crippen molar-refractivity contribution in [2.24, 2.45) is 0 Å². The van der Waals surface area contributed by atoms with Crippen LogP contribution in [0.25, 0.3) is 0 Å². The zero-order chi connectivity index (χ0) is 13.0. The molecule has 0 saturated heterocycles. The van der Waals surface area contributed by atoms with E-state index in [1.807, 2.05) is 36.4 Å². The van der Waals surface area contributed by atoms with Crippen LogP contribution in [0.15, 0.2) is 48.5 Å². The molecule has 0 unspecified atom stereocenters. The van der Waals surface area contributed by atoms with E-state index in [0.717, 1.165) is 16.9 Å². The van der Waals surface area contributed by atoms with E-state index in [0.29, 0.717) is 5.02 Å². The van der Waals surface area contributed by atoms with Crippen molar-refractivity contribution in [3.8, 4) is 0 Å². The van der Waals surface area contributed by atoms with Gasteiger partial charge in [0.1, 0.15) is 0 Å². The minimum Gasteiger partial charge on any atom is -0.481 e. The van der Waals surface area contributed by atoms with E-state index in [1.54, 1.807) is 12.1 Å². The molecule has 0 spiro atoms. The lowest BCUT2D eigenvalue weighted by Gasteiger charge is -2.11. The molecule has 0 aliphatic heterocycles. The molecule has 4 heteroatoms. The number of nitrogens with one attached hydrogen (secondary N) is 1. The van der Waals surface area contributed by atoms with Gasteiger partial charge in [0.05, 0.1) is 17.1 Å². The number of carboxylic acid groups (broad SMARTS) is 1. The Morgan fingerprint density at radius 2 is 1.67 bits per heavy atom. The zero-order valence-corrected chi connectivity index (χ0v) is 10.3. The maximum atomic E-state index is 10.8. The molecule has 0 aromatic heterocycles. The third-order valence-corrected chi connectivity index (χ3v) is 2.83. The first kappa shape index (κ1) is 12.5. The number of hydrogen-bond donors (Lipinski definition) is 2. The van der Waals surface area contributed by atoms with Crippen LogP contribution in [-0.2, 0) is 11.2 Å². The third-order valence-electron chi connectivity index (χ3n) is 2.50. The van der Waals surface area contributed by atoms with E-state index in [2.05, 4.69) is 5.32 Å². The summed E-state index contributed by atoms with van der Waals surface area (Å²) < 4.78 is 0. The molecular formula is C14H12ClNO2. The fourth-order valence-electron chi connectivity index (χ4n) is 1.67. The fraction of sp³-hybridized carbons (Fsp3) is 0.0714. The summed E-state index contributed by atoms with van der Waals surface area (Å²) in [7, 11) is 0. The molecule has 2 aromatic rings. The van der Waals surface area contributed by atoms with Crippen molar-refractivity contribution in [1.29, 1.82) is 0 Å². The van der Waals surface area contributed by atoms with Crippen molar-refractivity contribution >= 4 is 28.9 Å². The summed E-state index contributed by atoms with van der Waals surface area (Å²) in [6, 6.07) is 14.6. The van der Waals surface area contributed by atoms with Gasteiger partial charge in [-0.3, -0.25) is 4.79 Å². The van der Waals surface area contributed by atoms with Crippen LogP contribution in [-0.4, -0.2) is 11.1 Å². The van der Waals surface area contributed by atoms with E-state index in [4.69, 9.17) is 16.7 Å². The van der Waals surface area contributed by atoms with Gasteiger partial charge in [-0.1, -0.05) is 41.9 Å². The summed E-state index contributed by atoms with van der Waals surface area (Å²) in [5.41, 5.74) is 2.25.